The fourth-order valence-corrected chi connectivity index (χ4v) is 7.97. The summed E-state index contributed by atoms with van der Waals surface area (Å²) in [5.41, 5.74) is -0.416. The lowest BCUT2D eigenvalue weighted by Gasteiger charge is -2.47. The number of amides is 2. The van der Waals surface area contributed by atoms with Crippen LogP contribution in [-0.4, -0.2) is 61.3 Å². The van der Waals surface area contributed by atoms with Gasteiger partial charge in [0.2, 0.25) is 0 Å². The molecule has 2 amide bonds. The third-order valence-corrected chi connectivity index (χ3v) is 14.5. The van der Waals surface area contributed by atoms with Gasteiger partial charge in [-0.15, -0.1) is 0 Å². The van der Waals surface area contributed by atoms with E-state index in [1.807, 2.05) is 4.90 Å². The maximum absolute atomic E-state index is 14.6. The predicted molar refractivity (Wildman–Crippen MR) is 150 cm³/mol. The molecule has 2 heterocycles. The lowest BCUT2D eigenvalue weighted by atomic mass is 9.67. The summed E-state index contributed by atoms with van der Waals surface area (Å²) in [6.45, 7) is 23.1. The number of nitrogens with zero attached hydrogens (tertiary/aromatic N) is 2. The Hall–Kier alpha value is -2.26. The van der Waals surface area contributed by atoms with E-state index >= 15 is 0 Å². The molecule has 0 unspecified atom stereocenters. The molecule has 2 atom stereocenters. The summed E-state index contributed by atoms with van der Waals surface area (Å²) in [6.07, 6.45) is 0.206. The van der Waals surface area contributed by atoms with Crippen molar-refractivity contribution >= 4 is 26.0 Å². The molecule has 38 heavy (non-hydrogen) atoms. The molecule has 9 heteroatoms. The number of carbonyl (C=O) groups excluding carboxylic acids is 2. The van der Waals surface area contributed by atoms with Gasteiger partial charge in [0.25, 0.3) is 5.91 Å². The molecule has 1 saturated heterocycles. The molecule has 3 aliphatic rings. The van der Waals surface area contributed by atoms with Gasteiger partial charge < -0.3 is 23.9 Å². The SMILES string of the molecule is COc1cc2c(cc1O)N(C(=O)OC(C)C)[C@@H](O[Si](C)(C)C(C)(C)C)[C@H]1N(C2=O)C(C)(C)C2(CC2)C1(C)C. The number of ether oxygens (including phenoxy) is 2. The summed E-state index contributed by atoms with van der Waals surface area (Å²) in [7, 11) is -1.04. The van der Waals surface area contributed by atoms with Crippen molar-refractivity contribution in [3.63, 3.8) is 0 Å². The number of carbonyl (C=O) groups is 2. The number of anilines is 1. The highest BCUT2D eigenvalue weighted by Crippen LogP contribution is 2.74. The van der Waals surface area contributed by atoms with E-state index in [4.69, 9.17) is 13.9 Å². The second kappa shape index (κ2) is 8.62. The van der Waals surface area contributed by atoms with Crippen molar-refractivity contribution in [3.8, 4) is 11.5 Å². The standard InChI is InChI=1S/C29H46N2O6Si/c1-17(2)36-25(34)30-19-16-20(32)21(35-10)15-18(19)23(33)31-22(24(30)37-38(11,12)26(3,4)5)27(6,7)29(13-14-29)28(31,8)9/h15-17,22,24,32H,13-14H2,1-12H3/t22-,24+/m1/s1. The van der Waals surface area contributed by atoms with Crippen LogP contribution < -0.4 is 9.64 Å². The summed E-state index contributed by atoms with van der Waals surface area (Å²) >= 11 is 0. The first-order chi connectivity index (χ1) is 17.2. The second-order valence-corrected chi connectivity index (χ2v) is 18.9. The molecule has 8 nitrogen and oxygen atoms in total. The lowest BCUT2D eigenvalue weighted by molar-refractivity contribution is 0.0135. The molecule has 1 N–H and O–H groups in total. The van der Waals surface area contributed by atoms with Gasteiger partial charge in [0.1, 0.15) is 0 Å². The minimum atomic E-state index is -2.49. The molecule has 0 aromatic heterocycles. The monoisotopic (exact) mass is 546 g/mol. The maximum atomic E-state index is 14.6. The number of hydrogen-bond acceptors (Lipinski definition) is 6. The molecule has 0 bridgehead atoms. The summed E-state index contributed by atoms with van der Waals surface area (Å²) in [4.78, 5) is 32.0. The van der Waals surface area contributed by atoms with Crippen molar-refractivity contribution < 1.29 is 28.6 Å². The highest BCUT2D eigenvalue weighted by Gasteiger charge is 2.77. The van der Waals surface area contributed by atoms with Crippen molar-refractivity contribution in [1.82, 2.24) is 4.90 Å². The normalized spacial score (nSPS) is 25.2. The number of hydrogen-bond donors (Lipinski definition) is 1. The van der Waals surface area contributed by atoms with Crippen LogP contribution in [0.15, 0.2) is 12.1 Å². The van der Waals surface area contributed by atoms with Crippen LogP contribution in [0, 0.1) is 10.8 Å². The Morgan fingerprint density at radius 1 is 1.13 bits per heavy atom. The smallest absolute Gasteiger partial charge is 0.416 e. The first-order valence-electron chi connectivity index (χ1n) is 13.7. The van der Waals surface area contributed by atoms with Gasteiger partial charge in [0.05, 0.1) is 30.5 Å². The zero-order chi connectivity index (χ0) is 28.8. The Morgan fingerprint density at radius 2 is 1.71 bits per heavy atom. The molecule has 0 radical (unpaired) electrons. The number of methoxy groups -OCH3 is 1. The van der Waals surface area contributed by atoms with Gasteiger partial charge in [-0.2, -0.15) is 0 Å². The van der Waals surface area contributed by atoms with Gasteiger partial charge in [0.15, 0.2) is 26.0 Å². The highest BCUT2D eigenvalue weighted by molar-refractivity contribution is 6.74. The molecule has 2 fully saturated rings. The number of aromatic hydroxyl groups is 1. The van der Waals surface area contributed by atoms with E-state index in [1.165, 1.54) is 24.1 Å². The van der Waals surface area contributed by atoms with Crippen LogP contribution in [0.2, 0.25) is 18.1 Å². The van der Waals surface area contributed by atoms with Gasteiger partial charge in [-0.05, 0) is 70.2 Å². The average molecular weight is 547 g/mol. The topological polar surface area (TPSA) is 88.5 Å². The van der Waals surface area contributed by atoms with E-state index in [9.17, 15) is 14.7 Å². The minimum Gasteiger partial charge on any atom is -0.504 e. The van der Waals surface area contributed by atoms with Crippen molar-refractivity contribution in [2.75, 3.05) is 12.0 Å². The summed E-state index contributed by atoms with van der Waals surface area (Å²) in [6, 6.07) is 2.53. The van der Waals surface area contributed by atoms with E-state index in [2.05, 4.69) is 61.6 Å². The third-order valence-electron chi connectivity index (χ3n) is 10.1. The van der Waals surface area contributed by atoms with Crippen LogP contribution in [-0.2, 0) is 9.16 Å². The number of benzene rings is 1. The number of fused-ring (bicyclic) bond motifs is 2. The quantitative estimate of drug-likeness (QED) is 0.432. The van der Waals surface area contributed by atoms with Crippen molar-refractivity contribution in [1.29, 1.82) is 0 Å². The number of phenols is 1. The first-order valence-corrected chi connectivity index (χ1v) is 16.6. The molecule has 4 rings (SSSR count). The Kier molecular flexibility index (Phi) is 6.52. The van der Waals surface area contributed by atoms with Crippen LogP contribution >= 0.6 is 0 Å². The van der Waals surface area contributed by atoms with Crippen molar-refractivity contribution in [2.24, 2.45) is 10.8 Å². The Bertz CT molecular complexity index is 1150. The Labute approximate surface area is 228 Å². The average Bonchev–Trinajstić information content (AvgIpc) is 3.56. The summed E-state index contributed by atoms with van der Waals surface area (Å²) in [5.74, 6) is -0.187. The van der Waals surface area contributed by atoms with Crippen LogP contribution in [0.1, 0.15) is 85.5 Å². The van der Waals surface area contributed by atoms with E-state index in [-0.39, 0.29) is 50.6 Å². The molecular weight excluding hydrogens is 500 g/mol. The zero-order valence-corrected chi connectivity index (χ0v) is 26.2. The zero-order valence-electron chi connectivity index (χ0n) is 25.2. The molecule has 1 aliphatic carbocycles. The fourth-order valence-electron chi connectivity index (χ4n) is 6.77. The van der Waals surface area contributed by atoms with Crippen molar-refractivity contribution in [3.05, 3.63) is 17.7 Å². The molecule has 1 aromatic carbocycles. The maximum Gasteiger partial charge on any atom is 0.416 e. The molecule has 1 saturated carbocycles. The van der Waals surface area contributed by atoms with E-state index in [1.54, 1.807) is 13.8 Å². The summed E-state index contributed by atoms with van der Waals surface area (Å²) < 4.78 is 18.3. The summed E-state index contributed by atoms with van der Waals surface area (Å²) in [5, 5.41) is 10.7. The van der Waals surface area contributed by atoms with Crippen molar-refractivity contribution in [2.45, 2.75) is 117 Å². The molecule has 2 aliphatic heterocycles. The highest BCUT2D eigenvalue weighted by atomic mass is 28.4. The molecule has 1 aromatic rings. The second-order valence-electron chi connectivity index (χ2n) is 14.1. The molecule has 1 spiro atoms. The molecular formula is C29H46N2O6Si. The first kappa shape index (κ1) is 28.7. The fraction of sp³-hybridized carbons (Fsp3) is 0.724. The van der Waals surface area contributed by atoms with Gasteiger partial charge in [-0.25, -0.2) is 9.69 Å². The van der Waals surface area contributed by atoms with E-state index in [0.29, 0.717) is 0 Å². The Morgan fingerprint density at radius 3 is 2.18 bits per heavy atom. The predicted octanol–water partition coefficient (Wildman–Crippen LogP) is 6.52. The Balaban J connectivity index is 2.07. The lowest BCUT2D eigenvalue weighted by Crippen LogP contribution is -2.62. The van der Waals surface area contributed by atoms with Gasteiger partial charge in [-0.3, -0.25) is 4.79 Å². The van der Waals surface area contributed by atoms with Crippen LogP contribution in [0.5, 0.6) is 11.5 Å². The minimum absolute atomic E-state index is 0.110. The molecule has 212 valence electrons. The van der Waals surface area contributed by atoms with Gasteiger partial charge in [0, 0.05) is 17.0 Å². The number of rotatable bonds is 4. The van der Waals surface area contributed by atoms with Crippen LogP contribution in [0.4, 0.5) is 10.5 Å². The van der Waals surface area contributed by atoms with E-state index in [0.717, 1.165) is 12.8 Å². The van der Waals surface area contributed by atoms with Gasteiger partial charge >= 0.3 is 6.09 Å². The van der Waals surface area contributed by atoms with Crippen LogP contribution in [0.25, 0.3) is 0 Å². The van der Waals surface area contributed by atoms with Crippen LogP contribution in [0.3, 0.4) is 0 Å². The largest absolute Gasteiger partial charge is 0.504 e. The third kappa shape index (κ3) is 3.86. The van der Waals surface area contributed by atoms with Gasteiger partial charge in [-0.1, -0.05) is 34.6 Å². The van der Waals surface area contributed by atoms with E-state index < -0.39 is 32.2 Å². The number of phenolic OH excluding ortho intramolecular Hbond substituents is 1.